The largest absolute Gasteiger partial charge is 0.496 e. The minimum absolute atomic E-state index is 0.109. The number of carbonyl (C=O) groups excluding carboxylic acids is 1. The highest BCUT2D eigenvalue weighted by Gasteiger charge is 2.30. The van der Waals surface area contributed by atoms with Crippen molar-refractivity contribution in [3.63, 3.8) is 0 Å². The molecule has 0 bridgehead atoms. The van der Waals surface area contributed by atoms with Gasteiger partial charge in [0.15, 0.2) is 0 Å². The van der Waals surface area contributed by atoms with E-state index in [0.717, 1.165) is 47.2 Å². The zero-order valence-electron chi connectivity index (χ0n) is 25.9. The number of thiazole rings is 1. The van der Waals surface area contributed by atoms with Crippen LogP contribution in [-0.4, -0.2) is 45.7 Å². The van der Waals surface area contributed by atoms with Crippen molar-refractivity contribution in [2.45, 2.75) is 54.8 Å². The quantitative estimate of drug-likeness (QED) is 0.176. The van der Waals surface area contributed by atoms with Crippen molar-refractivity contribution in [3.05, 3.63) is 57.6 Å². The Labute approximate surface area is 272 Å². The van der Waals surface area contributed by atoms with Gasteiger partial charge in [0, 0.05) is 36.0 Å². The predicted molar refractivity (Wildman–Crippen MR) is 185 cm³/mol. The lowest BCUT2D eigenvalue weighted by Crippen LogP contribution is -2.34. The van der Waals surface area contributed by atoms with Crippen LogP contribution in [0.15, 0.2) is 67.3 Å². The van der Waals surface area contributed by atoms with Crippen LogP contribution in [0.1, 0.15) is 38.6 Å². The molecule has 1 unspecified atom stereocenters. The van der Waals surface area contributed by atoms with E-state index < -0.39 is 0 Å². The van der Waals surface area contributed by atoms with Gasteiger partial charge in [-0.2, -0.15) is 4.57 Å². The first-order valence-corrected chi connectivity index (χ1v) is 18.7. The Bertz CT molecular complexity index is 1630. The Balaban J connectivity index is 1.57. The number of ether oxygens (including phenoxy) is 2. The van der Waals surface area contributed by atoms with Gasteiger partial charge in [-0.1, -0.05) is 29.2 Å². The van der Waals surface area contributed by atoms with Crippen LogP contribution in [0, 0.1) is 5.92 Å². The number of benzene rings is 2. The second kappa shape index (κ2) is 14.1. The molecule has 2 heterocycles. The number of fused-ring (bicyclic) bond motifs is 2. The van der Waals surface area contributed by atoms with E-state index in [1.807, 2.05) is 6.92 Å². The Morgan fingerprint density at radius 1 is 1.05 bits per heavy atom. The van der Waals surface area contributed by atoms with Gasteiger partial charge in [0.05, 0.1) is 40.8 Å². The zero-order valence-corrected chi connectivity index (χ0v) is 29.2. The summed E-state index contributed by atoms with van der Waals surface area (Å²) >= 11 is 6.99. The van der Waals surface area contributed by atoms with E-state index in [2.05, 4.69) is 83.6 Å². The summed E-state index contributed by atoms with van der Waals surface area (Å²) in [5, 5.41) is 5.44. The summed E-state index contributed by atoms with van der Waals surface area (Å²) in [6, 6.07) is 8.76. The molecule has 3 aromatic rings. The molecule has 0 fully saturated rings. The van der Waals surface area contributed by atoms with Gasteiger partial charge in [-0.15, -0.1) is 23.5 Å². The van der Waals surface area contributed by atoms with Gasteiger partial charge < -0.3 is 19.7 Å². The van der Waals surface area contributed by atoms with Crippen molar-refractivity contribution in [2.75, 3.05) is 44.7 Å². The number of aryl methyl sites for hydroxylation is 1. The van der Waals surface area contributed by atoms with E-state index in [-0.39, 0.29) is 11.8 Å². The number of aromatic nitrogens is 1. The maximum Gasteiger partial charge on any atom is 0.263 e. The van der Waals surface area contributed by atoms with Crippen LogP contribution in [-0.2, 0) is 11.3 Å². The molecular formula is C33H40N3O3S4+. The fourth-order valence-electron chi connectivity index (χ4n) is 5.74. The molecule has 6 nitrogen and oxygen atoms in total. The summed E-state index contributed by atoms with van der Waals surface area (Å²) in [5.74, 6) is 1.82. The number of nitrogens with zero attached hydrogens (tertiary/aromatic N) is 2. The monoisotopic (exact) mass is 654 g/mol. The lowest BCUT2D eigenvalue weighted by molar-refractivity contribution is -0.665. The standard InChI is InChI=1S/C33H39N3O3S4/c1-8-34-33(37)22-12-20(14-31-35(9-2)23-16-25(38-4)29(40-6)18-27(23)42-31)11-21(13-22)15-32-36(10-3)24-17-26(39-5)30(41-7)19-28(24)43-32/h11,14-19,22H,8-10,12-13H2,1-7H3/p+1. The molecule has 0 saturated heterocycles. The summed E-state index contributed by atoms with van der Waals surface area (Å²) in [5.41, 5.74) is 4.70. The van der Waals surface area contributed by atoms with E-state index in [1.54, 1.807) is 60.8 Å². The van der Waals surface area contributed by atoms with E-state index >= 15 is 0 Å². The second-order valence-corrected chi connectivity index (χ2v) is 14.1. The number of hydrogen-bond donors (Lipinski definition) is 1. The van der Waals surface area contributed by atoms with E-state index in [4.69, 9.17) is 9.47 Å². The smallest absolute Gasteiger partial charge is 0.263 e. The maximum absolute atomic E-state index is 13.2. The Morgan fingerprint density at radius 2 is 1.77 bits per heavy atom. The topological polar surface area (TPSA) is 54.7 Å². The van der Waals surface area contributed by atoms with Crippen LogP contribution in [0.25, 0.3) is 16.3 Å². The number of amides is 1. The van der Waals surface area contributed by atoms with Crippen LogP contribution in [0.2, 0.25) is 0 Å². The summed E-state index contributed by atoms with van der Waals surface area (Å²) in [6.07, 6.45) is 12.5. The molecule has 2 aromatic carbocycles. The number of methoxy groups -OCH3 is 2. The van der Waals surface area contributed by atoms with Crippen LogP contribution in [0.3, 0.4) is 0 Å². The minimum atomic E-state index is -0.109. The molecule has 1 amide bonds. The second-order valence-electron chi connectivity index (χ2n) is 10.3. The van der Waals surface area contributed by atoms with Crippen molar-refractivity contribution in [1.29, 1.82) is 0 Å². The molecule has 2 aliphatic rings. The average molecular weight is 655 g/mol. The SMILES string of the molecule is CCNC(=O)C1CC(C=C2Sc3cc(SC)c(OC)cc3N2CC)=CC(=Cc2sc3cc(SC)c(OC)cc3[n+]2CC)C1. The zero-order chi connectivity index (χ0) is 30.7. The number of hydrogen-bond acceptors (Lipinski definition) is 8. The Morgan fingerprint density at radius 3 is 2.42 bits per heavy atom. The van der Waals surface area contributed by atoms with Gasteiger partial charge in [-0.25, -0.2) is 0 Å². The molecular weight excluding hydrogens is 615 g/mol. The fourth-order valence-corrected chi connectivity index (χ4v) is 9.50. The van der Waals surface area contributed by atoms with Gasteiger partial charge >= 0.3 is 0 Å². The first kappa shape index (κ1) is 31.9. The summed E-state index contributed by atoms with van der Waals surface area (Å²) < 4.78 is 15.0. The van der Waals surface area contributed by atoms with Crippen molar-refractivity contribution < 1.29 is 18.8 Å². The van der Waals surface area contributed by atoms with Crippen molar-refractivity contribution >= 4 is 74.5 Å². The summed E-state index contributed by atoms with van der Waals surface area (Å²) in [7, 11) is 3.46. The van der Waals surface area contributed by atoms with Gasteiger partial charge in [-0.3, -0.25) is 4.79 Å². The normalized spacial score (nSPS) is 18.3. The highest BCUT2D eigenvalue weighted by Crippen LogP contribution is 2.50. The molecule has 43 heavy (non-hydrogen) atoms. The summed E-state index contributed by atoms with van der Waals surface area (Å²) in [4.78, 5) is 19.0. The lowest BCUT2D eigenvalue weighted by Gasteiger charge is -2.24. The van der Waals surface area contributed by atoms with Crippen LogP contribution in [0.5, 0.6) is 11.5 Å². The number of thioether (sulfide) groups is 3. The van der Waals surface area contributed by atoms with Crippen LogP contribution >= 0.6 is 46.6 Å². The number of nitrogens with one attached hydrogen (secondary N) is 1. The van der Waals surface area contributed by atoms with Gasteiger partial charge in [0.1, 0.15) is 22.7 Å². The molecule has 0 saturated carbocycles. The van der Waals surface area contributed by atoms with Crippen molar-refractivity contribution in [3.8, 4) is 11.5 Å². The minimum Gasteiger partial charge on any atom is -0.496 e. The van der Waals surface area contributed by atoms with Crippen molar-refractivity contribution in [1.82, 2.24) is 5.32 Å². The van der Waals surface area contributed by atoms with Gasteiger partial charge in [-0.05, 0) is 75.5 Å². The first-order chi connectivity index (χ1) is 20.9. The molecule has 1 atom stereocenters. The maximum atomic E-state index is 13.2. The average Bonchev–Trinajstić information content (AvgIpc) is 3.54. The number of carbonyl (C=O) groups is 1. The summed E-state index contributed by atoms with van der Waals surface area (Å²) in [6.45, 7) is 8.68. The Kier molecular flexibility index (Phi) is 10.4. The number of anilines is 1. The molecule has 0 radical (unpaired) electrons. The third-order valence-corrected chi connectivity index (χ3v) is 11.5. The highest BCUT2D eigenvalue weighted by atomic mass is 32.2. The van der Waals surface area contributed by atoms with E-state index in [0.29, 0.717) is 6.54 Å². The number of rotatable bonds is 10. The Hall–Kier alpha value is -2.53. The molecule has 5 rings (SSSR count). The third kappa shape index (κ3) is 6.48. The van der Waals surface area contributed by atoms with E-state index in [9.17, 15) is 4.79 Å². The van der Waals surface area contributed by atoms with Gasteiger partial charge in [0.2, 0.25) is 11.4 Å². The first-order valence-electron chi connectivity index (χ1n) is 14.6. The molecule has 228 valence electrons. The molecule has 10 heteroatoms. The predicted octanol–water partition coefficient (Wildman–Crippen LogP) is 8.00. The van der Waals surface area contributed by atoms with Crippen LogP contribution in [0.4, 0.5) is 5.69 Å². The number of allylic oxidation sites excluding steroid dienone is 4. The molecule has 0 spiro atoms. The van der Waals surface area contributed by atoms with E-state index in [1.165, 1.54) is 42.0 Å². The van der Waals surface area contributed by atoms with Crippen molar-refractivity contribution in [2.24, 2.45) is 5.92 Å². The molecule has 1 aliphatic carbocycles. The molecule has 1 aliphatic heterocycles. The van der Waals surface area contributed by atoms with Gasteiger partial charge in [0.25, 0.3) is 5.01 Å². The lowest BCUT2D eigenvalue weighted by atomic mass is 9.85. The highest BCUT2D eigenvalue weighted by molar-refractivity contribution is 8.03. The fraction of sp³-hybridized carbons (Fsp3) is 0.394. The molecule has 1 aromatic heterocycles. The third-order valence-electron chi connectivity index (χ3n) is 7.78. The van der Waals surface area contributed by atoms with Crippen LogP contribution < -0.4 is 24.3 Å². The molecule has 1 N–H and O–H groups in total.